The van der Waals surface area contributed by atoms with Crippen molar-refractivity contribution in [3.63, 3.8) is 0 Å². The van der Waals surface area contributed by atoms with Gasteiger partial charge in [-0.3, -0.25) is 4.90 Å². The molecule has 0 unspecified atom stereocenters. The molecule has 1 heterocycles. The van der Waals surface area contributed by atoms with Gasteiger partial charge in [0.1, 0.15) is 0 Å². The van der Waals surface area contributed by atoms with Crippen molar-refractivity contribution in [2.45, 2.75) is 18.9 Å². The number of piperazine rings is 1. The Bertz CT molecular complexity index is 437. The molecular formula is C15H22BrCl3N2. The fourth-order valence-corrected chi connectivity index (χ4v) is 3.52. The molecule has 2 rings (SSSR count). The maximum Gasteiger partial charge on any atom is 0.0417 e. The molecule has 0 spiro atoms. The third kappa shape index (κ3) is 6.09. The second-order valence-corrected chi connectivity index (χ2v) is 6.12. The monoisotopic (exact) mass is 414 g/mol. The van der Waals surface area contributed by atoms with Gasteiger partial charge in [-0.15, -0.1) is 31.4 Å². The molecule has 0 bridgehead atoms. The largest absolute Gasteiger partial charge is 0.314 e. The molecule has 2 nitrogen and oxygen atoms in total. The molecular weight excluding hydrogens is 394 g/mol. The Morgan fingerprint density at radius 1 is 1.33 bits per heavy atom. The summed E-state index contributed by atoms with van der Waals surface area (Å²) in [7, 11) is 0. The highest BCUT2D eigenvalue weighted by molar-refractivity contribution is 9.10. The highest BCUT2D eigenvalue weighted by Crippen LogP contribution is 2.33. The molecule has 6 heteroatoms. The molecule has 0 aromatic heterocycles. The van der Waals surface area contributed by atoms with Gasteiger partial charge in [0, 0.05) is 41.7 Å². The molecule has 120 valence electrons. The number of allylic oxidation sites excluding steroid dienone is 1. The van der Waals surface area contributed by atoms with Crippen LogP contribution in [0, 0.1) is 0 Å². The Kier molecular flexibility index (Phi) is 11.0. The Morgan fingerprint density at radius 3 is 2.57 bits per heavy atom. The second-order valence-electron chi connectivity index (χ2n) is 4.83. The van der Waals surface area contributed by atoms with E-state index in [1.54, 1.807) is 0 Å². The summed E-state index contributed by atoms with van der Waals surface area (Å²) in [5, 5.41) is 4.18. The smallest absolute Gasteiger partial charge is 0.0417 e. The second kappa shape index (κ2) is 10.9. The van der Waals surface area contributed by atoms with E-state index in [2.05, 4.69) is 38.8 Å². The van der Waals surface area contributed by atoms with E-state index >= 15 is 0 Å². The van der Waals surface area contributed by atoms with E-state index in [0.29, 0.717) is 6.04 Å². The van der Waals surface area contributed by atoms with Gasteiger partial charge in [0.2, 0.25) is 0 Å². The van der Waals surface area contributed by atoms with E-state index in [1.165, 1.54) is 5.56 Å². The number of nitrogens with zero attached hydrogens (tertiary/aromatic N) is 1. The van der Waals surface area contributed by atoms with Crippen LogP contribution in [0.4, 0.5) is 0 Å². The van der Waals surface area contributed by atoms with Crippen LogP contribution >= 0.6 is 52.3 Å². The molecule has 0 amide bonds. The van der Waals surface area contributed by atoms with Crippen LogP contribution in [0.3, 0.4) is 0 Å². The minimum Gasteiger partial charge on any atom is -0.314 e. The summed E-state index contributed by atoms with van der Waals surface area (Å²) in [4.78, 5) is 2.55. The number of rotatable bonds is 5. The van der Waals surface area contributed by atoms with E-state index in [4.69, 9.17) is 11.6 Å². The highest BCUT2D eigenvalue weighted by Gasteiger charge is 2.23. The quantitative estimate of drug-likeness (QED) is 0.690. The van der Waals surface area contributed by atoms with Crippen molar-refractivity contribution in [3.05, 3.63) is 45.9 Å². The van der Waals surface area contributed by atoms with Gasteiger partial charge < -0.3 is 5.32 Å². The molecule has 21 heavy (non-hydrogen) atoms. The molecule has 1 N–H and O–H groups in total. The van der Waals surface area contributed by atoms with Crippen molar-refractivity contribution in [1.82, 2.24) is 10.2 Å². The highest BCUT2D eigenvalue weighted by atomic mass is 79.9. The molecule has 0 radical (unpaired) electrons. The molecule has 1 aliphatic rings. The Labute approximate surface area is 153 Å². The van der Waals surface area contributed by atoms with Crippen molar-refractivity contribution in [2.24, 2.45) is 0 Å². The van der Waals surface area contributed by atoms with E-state index < -0.39 is 0 Å². The van der Waals surface area contributed by atoms with Gasteiger partial charge >= 0.3 is 0 Å². The lowest BCUT2D eigenvalue weighted by Gasteiger charge is -2.35. The topological polar surface area (TPSA) is 15.3 Å². The van der Waals surface area contributed by atoms with Crippen molar-refractivity contribution in [1.29, 1.82) is 0 Å². The molecule has 0 saturated carbocycles. The minimum atomic E-state index is 0. The number of halogens is 4. The predicted octanol–water partition coefficient (Wildman–Crippen LogP) is 4.86. The first kappa shape index (κ1) is 21.2. The van der Waals surface area contributed by atoms with Crippen LogP contribution in [0.15, 0.2) is 35.3 Å². The summed E-state index contributed by atoms with van der Waals surface area (Å²) < 4.78 is 1.10. The van der Waals surface area contributed by atoms with Crippen LogP contribution in [-0.2, 0) is 0 Å². The zero-order chi connectivity index (χ0) is 13.7. The fraction of sp³-hybridized carbons (Fsp3) is 0.467. The van der Waals surface area contributed by atoms with Gasteiger partial charge in [0.25, 0.3) is 0 Å². The van der Waals surface area contributed by atoms with Crippen molar-refractivity contribution in [2.75, 3.05) is 26.2 Å². The summed E-state index contributed by atoms with van der Waals surface area (Å²) in [6, 6.07) is 6.54. The van der Waals surface area contributed by atoms with Gasteiger partial charge in [0.05, 0.1) is 0 Å². The van der Waals surface area contributed by atoms with Gasteiger partial charge in [-0.2, -0.15) is 0 Å². The average Bonchev–Trinajstić information content (AvgIpc) is 2.42. The lowest BCUT2D eigenvalue weighted by molar-refractivity contribution is 0.165. The van der Waals surface area contributed by atoms with Gasteiger partial charge in [-0.25, -0.2) is 0 Å². The zero-order valence-corrected chi connectivity index (χ0v) is 15.8. The molecule has 1 saturated heterocycles. The third-order valence-corrected chi connectivity index (χ3v) is 4.48. The molecule has 1 atom stereocenters. The maximum absolute atomic E-state index is 6.04. The molecule has 1 aromatic carbocycles. The van der Waals surface area contributed by atoms with Crippen LogP contribution in [0.2, 0.25) is 5.02 Å². The number of benzene rings is 1. The van der Waals surface area contributed by atoms with E-state index in [9.17, 15) is 0 Å². The molecule has 0 aliphatic carbocycles. The van der Waals surface area contributed by atoms with Gasteiger partial charge in [-0.1, -0.05) is 39.7 Å². The minimum absolute atomic E-state index is 0. The standard InChI is InChI=1S/C15H20BrClN2.2ClH/c1-2-3-4-15(19-9-7-18-8-10-19)13-6-5-12(17)11-14(13)16;;/h2,5-6,11,15,18H,1,3-4,7-10H2;2*1H/t15-;;/m1../s1. The van der Waals surface area contributed by atoms with E-state index in [-0.39, 0.29) is 24.8 Å². The van der Waals surface area contributed by atoms with E-state index in [1.807, 2.05) is 18.2 Å². The van der Waals surface area contributed by atoms with Crippen LogP contribution in [0.25, 0.3) is 0 Å². The van der Waals surface area contributed by atoms with Crippen LogP contribution in [0.5, 0.6) is 0 Å². The van der Waals surface area contributed by atoms with Crippen molar-refractivity contribution < 1.29 is 0 Å². The lowest BCUT2D eigenvalue weighted by Crippen LogP contribution is -2.45. The van der Waals surface area contributed by atoms with E-state index in [0.717, 1.165) is 48.5 Å². The third-order valence-electron chi connectivity index (χ3n) is 3.56. The SMILES string of the molecule is C=CCC[C@H](c1ccc(Cl)cc1Br)N1CCNCC1.Cl.Cl. The van der Waals surface area contributed by atoms with Crippen molar-refractivity contribution in [3.8, 4) is 0 Å². The first-order valence-corrected chi connectivity index (χ1v) is 7.90. The Balaban J connectivity index is 0.00000200. The Morgan fingerprint density at radius 2 is 2.00 bits per heavy atom. The van der Waals surface area contributed by atoms with Crippen LogP contribution in [0.1, 0.15) is 24.4 Å². The summed E-state index contributed by atoms with van der Waals surface area (Å²) in [5.41, 5.74) is 1.33. The lowest BCUT2D eigenvalue weighted by atomic mass is 9.99. The number of nitrogens with one attached hydrogen (secondary N) is 1. The Hall–Kier alpha value is 0.230. The van der Waals surface area contributed by atoms with Crippen LogP contribution in [-0.4, -0.2) is 31.1 Å². The zero-order valence-electron chi connectivity index (χ0n) is 11.9. The molecule has 1 aliphatic heterocycles. The summed E-state index contributed by atoms with van der Waals surface area (Å²) in [6.07, 6.45) is 4.13. The summed E-state index contributed by atoms with van der Waals surface area (Å²) in [5.74, 6) is 0. The summed E-state index contributed by atoms with van der Waals surface area (Å²) in [6.45, 7) is 8.16. The maximum atomic E-state index is 6.04. The first-order valence-electron chi connectivity index (χ1n) is 6.73. The van der Waals surface area contributed by atoms with Crippen LogP contribution < -0.4 is 5.32 Å². The van der Waals surface area contributed by atoms with Gasteiger partial charge in [-0.05, 0) is 30.5 Å². The van der Waals surface area contributed by atoms with Gasteiger partial charge in [0.15, 0.2) is 0 Å². The normalized spacial score (nSPS) is 16.5. The molecule has 1 aromatic rings. The first-order chi connectivity index (χ1) is 9.22. The number of hydrogen-bond acceptors (Lipinski definition) is 2. The number of hydrogen-bond donors (Lipinski definition) is 1. The molecule has 1 fully saturated rings. The summed E-state index contributed by atoms with van der Waals surface area (Å²) >= 11 is 9.70. The van der Waals surface area contributed by atoms with Crippen molar-refractivity contribution >= 4 is 52.3 Å². The average molecular weight is 417 g/mol. The fourth-order valence-electron chi connectivity index (χ4n) is 2.58. The predicted molar refractivity (Wildman–Crippen MR) is 100 cm³/mol.